The van der Waals surface area contributed by atoms with Gasteiger partial charge in [0.05, 0.1) is 0 Å². The minimum absolute atomic E-state index is 0. The Bertz CT molecular complexity index is 368. The fourth-order valence-corrected chi connectivity index (χ4v) is 10.3. The van der Waals surface area contributed by atoms with Crippen molar-refractivity contribution >= 4 is 7.87 Å². The molecule has 1 unspecified atom stereocenters. The molecule has 1 N–H and O–H groups in total. The number of rotatable bonds is 24. The predicted molar refractivity (Wildman–Crippen MR) is 154 cm³/mol. The minimum atomic E-state index is -1.81. The van der Waals surface area contributed by atoms with E-state index in [2.05, 4.69) is 74.5 Å². The molecule has 0 radical (unpaired) electrons. The number of halogens is 1. The Hall–Kier alpha value is 1.00. The molecule has 0 aromatic rings. The molecule has 0 saturated heterocycles. The van der Waals surface area contributed by atoms with Gasteiger partial charge in [-0.2, -0.15) is 0 Å². The molecule has 4 nitrogen and oxygen atoms in total. The first-order valence-electron chi connectivity index (χ1n) is 15.0. The lowest BCUT2D eigenvalue weighted by Gasteiger charge is -2.48. The van der Waals surface area contributed by atoms with Crippen LogP contribution >= 0.6 is 7.87 Å². The normalized spacial score (nSPS) is 13.1. The molecule has 0 aromatic carbocycles. The molecule has 0 aliphatic rings. The second kappa shape index (κ2) is 24.3. The van der Waals surface area contributed by atoms with E-state index in [0.717, 1.165) is 0 Å². The van der Waals surface area contributed by atoms with Crippen molar-refractivity contribution in [1.82, 2.24) is 19.1 Å². The summed E-state index contributed by atoms with van der Waals surface area (Å²) in [6, 6.07) is 0.614. The lowest BCUT2D eigenvalue weighted by molar-refractivity contribution is -0.00000802. The largest absolute Gasteiger partial charge is 1.00 e. The summed E-state index contributed by atoms with van der Waals surface area (Å²) in [7, 11) is -1.81. The van der Waals surface area contributed by atoms with Gasteiger partial charge in [0.25, 0.3) is 0 Å². The summed E-state index contributed by atoms with van der Waals surface area (Å²) < 4.78 is 8.80. The first-order valence-corrected chi connectivity index (χ1v) is 16.6. The van der Waals surface area contributed by atoms with Gasteiger partial charge in [0.2, 0.25) is 0 Å². The van der Waals surface area contributed by atoms with E-state index in [4.69, 9.17) is 0 Å². The van der Waals surface area contributed by atoms with Crippen LogP contribution in [-0.4, -0.2) is 59.3 Å². The van der Waals surface area contributed by atoms with E-state index in [1.54, 1.807) is 0 Å². The zero-order chi connectivity index (χ0) is 25.0. The summed E-state index contributed by atoms with van der Waals surface area (Å²) in [6.07, 6.45) is 16.8. The molecule has 0 aliphatic heterocycles. The lowest BCUT2D eigenvalue weighted by Crippen LogP contribution is -3.00. The average molecular weight is 615 g/mol. The van der Waals surface area contributed by atoms with Crippen LogP contribution in [0.5, 0.6) is 0 Å². The molecule has 6 heteroatoms. The molecule has 0 spiro atoms. The number of hydrogen-bond donors (Lipinski definition) is 1. The van der Waals surface area contributed by atoms with Gasteiger partial charge in [-0.3, -0.25) is 0 Å². The lowest BCUT2D eigenvalue weighted by atomic mass is 10.1. The van der Waals surface area contributed by atoms with Crippen LogP contribution in [0.15, 0.2) is 0 Å². The summed E-state index contributed by atoms with van der Waals surface area (Å²) in [5, 5.41) is 4.51. The first-order chi connectivity index (χ1) is 16.1. The van der Waals surface area contributed by atoms with E-state index in [1.165, 1.54) is 123 Å². The SMILES string of the molecule is CCCCCCCC(CC)N[P+](N(CCC)CCC)(N(CCC)CCC)N(CCC)CCC.[I-]. The molecule has 0 rings (SSSR count). The Morgan fingerprint density at radius 3 is 1.15 bits per heavy atom. The molecule has 0 heterocycles. The third-order valence-electron chi connectivity index (χ3n) is 6.58. The second-order valence-corrected chi connectivity index (χ2v) is 13.0. The van der Waals surface area contributed by atoms with Crippen molar-refractivity contribution in [3.63, 3.8) is 0 Å². The maximum Gasteiger partial charge on any atom is 0.306 e. The highest BCUT2D eigenvalue weighted by Crippen LogP contribution is 2.65. The molecule has 0 aromatic heterocycles. The van der Waals surface area contributed by atoms with Crippen molar-refractivity contribution in [2.24, 2.45) is 0 Å². The number of nitrogens with one attached hydrogen (secondary N) is 1. The topological polar surface area (TPSA) is 21.8 Å². The number of hydrogen-bond acceptors (Lipinski definition) is 4. The fraction of sp³-hybridized carbons (Fsp3) is 1.00. The molecular weight excluding hydrogens is 550 g/mol. The molecular formula is C28H64IN4P. The van der Waals surface area contributed by atoms with Crippen molar-refractivity contribution in [2.45, 2.75) is 145 Å². The van der Waals surface area contributed by atoms with E-state index >= 15 is 0 Å². The van der Waals surface area contributed by atoms with Crippen LogP contribution in [0.4, 0.5) is 0 Å². The average Bonchev–Trinajstić information content (AvgIpc) is 2.81. The van der Waals surface area contributed by atoms with Crippen LogP contribution in [0.3, 0.4) is 0 Å². The van der Waals surface area contributed by atoms with Gasteiger partial charge in [-0.25, -0.2) is 0 Å². The molecule has 0 aliphatic carbocycles. The Labute approximate surface area is 234 Å². The Kier molecular flexibility index (Phi) is 26.6. The quantitative estimate of drug-likeness (QED) is 0.0848. The number of unbranched alkanes of at least 4 members (excludes halogenated alkanes) is 4. The molecule has 0 fully saturated rings. The highest BCUT2D eigenvalue weighted by Gasteiger charge is 2.56. The van der Waals surface area contributed by atoms with Gasteiger partial charge in [0, 0.05) is 45.3 Å². The van der Waals surface area contributed by atoms with E-state index < -0.39 is 7.87 Å². The Morgan fingerprint density at radius 1 is 0.500 bits per heavy atom. The molecule has 0 amide bonds. The third-order valence-corrected chi connectivity index (χ3v) is 10.9. The molecule has 0 bridgehead atoms. The molecule has 208 valence electrons. The number of nitrogens with zero attached hydrogens (tertiary/aromatic N) is 3. The van der Waals surface area contributed by atoms with E-state index in [9.17, 15) is 0 Å². The Morgan fingerprint density at radius 2 is 0.853 bits per heavy atom. The molecule has 0 saturated carbocycles. The monoisotopic (exact) mass is 614 g/mol. The van der Waals surface area contributed by atoms with Crippen LogP contribution in [0.2, 0.25) is 0 Å². The maximum atomic E-state index is 4.51. The van der Waals surface area contributed by atoms with Crippen LogP contribution in [0, 0.1) is 0 Å². The zero-order valence-corrected chi connectivity index (χ0v) is 27.7. The molecule has 34 heavy (non-hydrogen) atoms. The zero-order valence-electron chi connectivity index (χ0n) is 24.7. The van der Waals surface area contributed by atoms with Gasteiger partial charge in [0.1, 0.15) is 0 Å². The smallest absolute Gasteiger partial charge is 0.306 e. The van der Waals surface area contributed by atoms with Gasteiger partial charge in [-0.05, 0) is 51.4 Å². The summed E-state index contributed by atoms with van der Waals surface area (Å²) >= 11 is 0. The summed E-state index contributed by atoms with van der Waals surface area (Å²) in [4.78, 5) is 0. The second-order valence-electron chi connectivity index (χ2n) is 9.87. The van der Waals surface area contributed by atoms with Crippen molar-refractivity contribution in [2.75, 3.05) is 39.3 Å². The highest BCUT2D eigenvalue weighted by molar-refractivity contribution is 7.67. The summed E-state index contributed by atoms with van der Waals surface area (Å²) in [5.74, 6) is 0. The molecule has 1 atom stereocenters. The van der Waals surface area contributed by atoms with Crippen LogP contribution in [0.1, 0.15) is 139 Å². The van der Waals surface area contributed by atoms with E-state index in [0.29, 0.717) is 6.04 Å². The summed E-state index contributed by atoms with van der Waals surface area (Å²) in [6.45, 7) is 26.2. The summed E-state index contributed by atoms with van der Waals surface area (Å²) in [5.41, 5.74) is 0. The Balaban J connectivity index is 0. The van der Waals surface area contributed by atoms with Gasteiger partial charge < -0.3 is 24.0 Å². The van der Waals surface area contributed by atoms with Crippen LogP contribution in [0.25, 0.3) is 0 Å². The van der Waals surface area contributed by atoms with Crippen molar-refractivity contribution in [3.8, 4) is 0 Å². The van der Waals surface area contributed by atoms with Gasteiger partial charge in [-0.1, -0.05) is 87.5 Å². The van der Waals surface area contributed by atoms with E-state index in [-0.39, 0.29) is 24.0 Å². The first kappa shape index (κ1) is 37.2. The highest BCUT2D eigenvalue weighted by atomic mass is 127. The van der Waals surface area contributed by atoms with Crippen molar-refractivity contribution in [1.29, 1.82) is 0 Å². The van der Waals surface area contributed by atoms with Gasteiger partial charge >= 0.3 is 7.87 Å². The van der Waals surface area contributed by atoms with Crippen molar-refractivity contribution < 1.29 is 24.0 Å². The van der Waals surface area contributed by atoms with Crippen LogP contribution in [-0.2, 0) is 0 Å². The standard InChI is InChI=1S/C28H64N4P.HI/c1-9-17-18-19-20-21-28(16-8)29-33(30(22-10-2)23-11-3,31(24-12-4)25-13-5)32(26-14-6)27-15-7;/h28-29H,9-27H2,1-8H3;1H/q+1;/p-1. The fourth-order valence-electron chi connectivity index (χ4n) is 5.10. The van der Waals surface area contributed by atoms with Gasteiger partial charge in [-0.15, -0.1) is 19.1 Å². The predicted octanol–water partition coefficient (Wildman–Crippen LogP) is 5.76. The van der Waals surface area contributed by atoms with Gasteiger partial charge in [0.15, 0.2) is 0 Å². The van der Waals surface area contributed by atoms with E-state index in [1.807, 2.05) is 0 Å². The maximum absolute atomic E-state index is 4.51. The van der Waals surface area contributed by atoms with Crippen molar-refractivity contribution in [3.05, 3.63) is 0 Å². The third kappa shape index (κ3) is 13.0. The minimum Gasteiger partial charge on any atom is -1.00 e. The van der Waals surface area contributed by atoms with Crippen LogP contribution < -0.4 is 29.1 Å².